The van der Waals surface area contributed by atoms with Crippen molar-refractivity contribution in [3.8, 4) is 0 Å². The molecule has 0 heterocycles. The van der Waals surface area contributed by atoms with Crippen LogP contribution in [0.25, 0.3) is 0 Å². The van der Waals surface area contributed by atoms with Crippen LogP contribution < -0.4 is 11.1 Å². The number of aryl methyl sites for hydroxylation is 1. The van der Waals surface area contributed by atoms with E-state index in [9.17, 15) is 9.90 Å². The van der Waals surface area contributed by atoms with Gasteiger partial charge in [-0.15, -0.1) is 12.4 Å². The number of amides is 1. The van der Waals surface area contributed by atoms with Crippen molar-refractivity contribution in [3.63, 3.8) is 0 Å². The van der Waals surface area contributed by atoms with Gasteiger partial charge < -0.3 is 16.2 Å². The van der Waals surface area contributed by atoms with Crippen LogP contribution >= 0.6 is 12.4 Å². The summed E-state index contributed by atoms with van der Waals surface area (Å²) >= 11 is 0. The molecule has 0 bridgehead atoms. The molecule has 2 atom stereocenters. The van der Waals surface area contributed by atoms with E-state index in [1.807, 2.05) is 31.2 Å². The number of aliphatic hydroxyl groups is 1. The second-order valence-corrected chi connectivity index (χ2v) is 3.96. The minimum Gasteiger partial charge on any atom is -0.387 e. The Bertz CT molecular complexity index is 352. The third kappa shape index (κ3) is 5.17. The number of hydrogen-bond acceptors (Lipinski definition) is 3. The largest absolute Gasteiger partial charge is 0.387 e. The maximum Gasteiger partial charge on any atom is 0.236 e. The summed E-state index contributed by atoms with van der Waals surface area (Å²) in [7, 11) is 0. The topological polar surface area (TPSA) is 75.3 Å². The van der Waals surface area contributed by atoms with Crippen LogP contribution in [0.15, 0.2) is 24.3 Å². The van der Waals surface area contributed by atoms with Gasteiger partial charge in [0.25, 0.3) is 0 Å². The molecule has 0 fully saturated rings. The van der Waals surface area contributed by atoms with Crippen LogP contribution in [0, 0.1) is 6.92 Å². The number of aliphatic hydroxyl groups excluding tert-OH is 1. The van der Waals surface area contributed by atoms with Crippen molar-refractivity contribution < 1.29 is 9.90 Å². The van der Waals surface area contributed by atoms with Crippen molar-refractivity contribution in [1.29, 1.82) is 0 Å². The van der Waals surface area contributed by atoms with Gasteiger partial charge in [-0.1, -0.05) is 29.8 Å². The summed E-state index contributed by atoms with van der Waals surface area (Å²) in [5.41, 5.74) is 7.31. The molecule has 1 aromatic carbocycles. The van der Waals surface area contributed by atoms with Crippen molar-refractivity contribution in [3.05, 3.63) is 35.4 Å². The Balaban J connectivity index is 0.00000256. The van der Waals surface area contributed by atoms with Gasteiger partial charge in [-0.25, -0.2) is 0 Å². The first-order chi connectivity index (χ1) is 7.50. The second kappa shape index (κ2) is 7.27. The molecule has 0 radical (unpaired) electrons. The Labute approximate surface area is 108 Å². The normalized spacial score (nSPS) is 13.4. The Kier molecular flexibility index (Phi) is 6.80. The van der Waals surface area contributed by atoms with Gasteiger partial charge >= 0.3 is 0 Å². The van der Waals surface area contributed by atoms with Crippen LogP contribution in [0.1, 0.15) is 24.2 Å². The van der Waals surface area contributed by atoms with Crippen molar-refractivity contribution in [2.45, 2.75) is 26.0 Å². The minimum absolute atomic E-state index is 0. The fourth-order valence-corrected chi connectivity index (χ4v) is 1.26. The molecule has 17 heavy (non-hydrogen) atoms. The average molecular weight is 259 g/mol. The van der Waals surface area contributed by atoms with Crippen LogP contribution in [0.4, 0.5) is 0 Å². The molecule has 2 unspecified atom stereocenters. The van der Waals surface area contributed by atoms with E-state index in [1.165, 1.54) is 0 Å². The third-order valence-electron chi connectivity index (χ3n) is 2.35. The SMILES string of the molecule is Cc1ccc(C(O)CNC(=O)C(C)N)cc1.Cl. The van der Waals surface area contributed by atoms with Crippen LogP contribution in [0.2, 0.25) is 0 Å². The summed E-state index contributed by atoms with van der Waals surface area (Å²) in [5.74, 6) is -0.258. The predicted molar refractivity (Wildman–Crippen MR) is 70.0 cm³/mol. The zero-order valence-corrected chi connectivity index (χ0v) is 10.8. The fourth-order valence-electron chi connectivity index (χ4n) is 1.26. The summed E-state index contributed by atoms with van der Waals surface area (Å²) in [6.45, 7) is 3.77. The highest BCUT2D eigenvalue weighted by atomic mass is 35.5. The van der Waals surface area contributed by atoms with Crippen molar-refractivity contribution >= 4 is 18.3 Å². The van der Waals surface area contributed by atoms with E-state index in [4.69, 9.17) is 5.73 Å². The lowest BCUT2D eigenvalue weighted by molar-refractivity contribution is -0.122. The van der Waals surface area contributed by atoms with Crippen molar-refractivity contribution in [2.75, 3.05) is 6.54 Å². The molecule has 0 saturated carbocycles. The summed E-state index contributed by atoms with van der Waals surface area (Å²) in [6.07, 6.45) is -0.691. The monoisotopic (exact) mass is 258 g/mol. The van der Waals surface area contributed by atoms with Gasteiger partial charge in [-0.05, 0) is 19.4 Å². The molecule has 96 valence electrons. The van der Waals surface area contributed by atoms with E-state index in [0.29, 0.717) is 0 Å². The molecule has 4 N–H and O–H groups in total. The molecule has 1 rings (SSSR count). The van der Waals surface area contributed by atoms with E-state index >= 15 is 0 Å². The molecular formula is C12H19ClN2O2. The van der Waals surface area contributed by atoms with Gasteiger partial charge in [0, 0.05) is 6.54 Å². The molecule has 0 aliphatic rings. The highest BCUT2D eigenvalue weighted by molar-refractivity contribution is 5.85. The predicted octanol–water partition coefficient (Wildman–Crippen LogP) is 0.914. The molecule has 1 amide bonds. The molecule has 0 aliphatic carbocycles. The quantitative estimate of drug-likeness (QED) is 0.752. The number of benzene rings is 1. The number of nitrogens with one attached hydrogen (secondary N) is 1. The number of rotatable bonds is 4. The molecule has 0 saturated heterocycles. The fraction of sp³-hybridized carbons (Fsp3) is 0.417. The lowest BCUT2D eigenvalue weighted by Crippen LogP contribution is -2.40. The number of nitrogens with two attached hydrogens (primary N) is 1. The molecule has 5 heteroatoms. The Morgan fingerprint density at radius 1 is 1.41 bits per heavy atom. The molecule has 0 aromatic heterocycles. The van der Waals surface area contributed by atoms with E-state index in [-0.39, 0.29) is 24.9 Å². The van der Waals surface area contributed by atoms with Gasteiger partial charge in [-0.3, -0.25) is 4.79 Å². The van der Waals surface area contributed by atoms with Crippen LogP contribution in [-0.4, -0.2) is 23.6 Å². The van der Waals surface area contributed by atoms with Gasteiger partial charge in [0.2, 0.25) is 5.91 Å². The standard InChI is InChI=1S/C12H18N2O2.ClH/c1-8-3-5-10(6-4-8)11(15)7-14-12(16)9(2)13;/h3-6,9,11,15H,7,13H2,1-2H3,(H,14,16);1H. The van der Waals surface area contributed by atoms with Crippen LogP contribution in [-0.2, 0) is 4.79 Å². The lowest BCUT2D eigenvalue weighted by atomic mass is 10.1. The third-order valence-corrected chi connectivity index (χ3v) is 2.35. The maximum absolute atomic E-state index is 11.2. The average Bonchev–Trinajstić information content (AvgIpc) is 2.26. The van der Waals surface area contributed by atoms with E-state index < -0.39 is 12.1 Å². The highest BCUT2D eigenvalue weighted by Gasteiger charge is 2.11. The van der Waals surface area contributed by atoms with Crippen molar-refractivity contribution in [1.82, 2.24) is 5.32 Å². The van der Waals surface area contributed by atoms with Crippen molar-refractivity contribution in [2.24, 2.45) is 5.73 Å². The Morgan fingerprint density at radius 2 is 1.94 bits per heavy atom. The van der Waals surface area contributed by atoms with Gasteiger partial charge in [0.15, 0.2) is 0 Å². The zero-order chi connectivity index (χ0) is 12.1. The Hall–Kier alpha value is -1.10. The second-order valence-electron chi connectivity index (χ2n) is 3.96. The first-order valence-corrected chi connectivity index (χ1v) is 5.28. The molecular weight excluding hydrogens is 240 g/mol. The number of carbonyl (C=O) groups excluding carboxylic acids is 1. The lowest BCUT2D eigenvalue weighted by Gasteiger charge is -2.13. The zero-order valence-electron chi connectivity index (χ0n) is 10.0. The minimum atomic E-state index is -0.691. The van der Waals surface area contributed by atoms with Crippen LogP contribution in [0.3, 0.4) is 0 Å². The molecule has 1 aromatic rings. The highest BCUT2D eigenvalue weighted by Crippen LogP contribution is 2.12. The van der Waals surface area contributed by atoms with Gasteiger partial charge in [0.05, 0.1) is 12.1 Å². The summed E-state index contributed by atoms with van der Waals surface area (Å²) in [5, 5.41) is 12.4. The summed E-state index contributed by atoms with van der Waals surface area (Å²) in [6, 6.07) is 6.98. The smallest absolute Gasteiger partial charge is 0.236 e. The number of hydrogen-bond donors (Lipinski definition) is 3. The summed E-state index contributed by atoms with van der Waals surface area (Å²) in [4.78, 5) is 11.2. The number of halogens is 1. The first kappa shape index (κ1) is 15.9. The number of carbonyl (C=O) groups is 1. The van der Waals surface area contributed by atoms with E-state index in [0.717, 1.165) is 11.1 Å². The van der Waals surface area contributed by atoms with E-state index in [2.05, 4.69) is 5.32 Å². The summed E-state index contributed by atoms with van der Waals surface area (Å²) < 4.78 is 0. The maximum atomic E-state index is 11.2. The molecule has 4 nitrogen and oxygen atoms in total. The van der Waals surface area contributed by atoms with Gasteiger partial charge in [0.1, 0.15) is 0 Å². The van der Waals surface area contributed by atoms with Gasteiger partial charge in [-0.2, -0.15) is 0 Å². The molecule has 0 aliphatic heterocycles. The first-order valence-electron chi connectivity index (χ1n) is 5.28. The Morgan fingerprint density at radius 3 is 2.41 bits per heavy atom. The molecule has 0 spiro atoms. The van der Waals surface area contributed by atoms with Crippen LogP contribution in [0.5, 0.6) is 0 Å². The van der Waals surface area contributed by atoms with E-state index in [1.54, 1.807) is 6.92 Å².